The summed E-state index contributed by atoms with van der Waals surface area (Å²) in [5, 5.41) is 0. The van der Waals surface area contributed by atoms with Crippen LogP contribution < -0.4 is 14.2 Å². The second-order valence-corrected chi connectivity index (χ2v) is 10.4. The summed E-state index contributed by atoms with van der Waals surface area (Å²) >= 11 is 0. The molecule has 0 aliphatic carbocycles. The maximum Gasteiger partial charge on any atom is 0.330 e. The molecule has 1 aromatic rings. The molecule has 0 saturated heterocycles. The van der Waals surface area contributed by atoms with Gasteiger partial charge in [-0.25, -0.2) is 4.79 Å². The van der Waals surface area contributed by atoms with Crippen molar-refractivity contribution in [2.45, 2.75) is 54.9 Å². The highest BCUT2D eigenvalue weighted by atomic mass is 16.6. The molecule has 0 spiro atoms. The highest BCUT2D eigenvalue weighted by molar-refractivity contribution is 5.87. The molecular formula is C26H40O7. The van der Waals surface area contributed by atoms with Crippen LogP contribution in [0.15, 0.2) is 18.2 Å². The maximum atomic E-state index is 12.9. The fourth-order valence-electron chi connectivity index (χ4n) is 3.55. The molecular weight excluding hydrogens is 424 g/mol. The average Bonchev–Trinajstić information content (AvgIpc) is 2.71. The molecule has 0 saturated carbocycles. The Hall–Kier alpha value is -2.70. The standard InChI is InChI=1S/C26H40O7/c1-24(2,3)17-26(7,25(4,5)6)23(28)33-14-13-32-21(27)12-11-18-15-19(29-8)22(31-10)20(16-18)30-9/h11-12,15-16H,13-14,17H2,1-10H3/b12-11+. The molecule has 0 fully saturated rings. The Kier molecular flexibility index (Phi) is 9.82. The van der Waals surface area contributed by atoms with Crippen molar-refractivity contribution in [3.05, 3.63) is 23.8 Å². The van der Waals surface area contributed by atoms with Gasteiger partial charge in [0, 0.05) is 6.08 Å². The van der Waals surface area contributed by atoms with Crippen LogP contribution in [0.3, 0.4) is 0 Å². The topological polar surface area (TPSA) is 80.3 Å². The van der Waals surface area contributed by atoms with Crippen LogP contribution in [0.2, 0.25) is 0 Å². The van der Waals surface area contributed by atoms with Crippen molar-refractivity contribution in [1.29, 1.82) is 0 Å². The molecule has 0 bridgehead atoms. The molecule has 0 heterocycles. The van der Waals surface area contributed by atoms with Gasteiger partial charge in [-0.3, -0.25) is 4.79 Å². The fraction of sp³-hybridized carbons (Fsp3) is 0.615. The van der Waals surface area contributed by atoms with Crippen LogP contribution in [0.25, 0.3) is 6.08 Å². The number of hydrogen-bond acceptors (Lipinski definition) is 7. The van der Waals surface area contributed by atoms with E-state index in [0.29, 0.717) is 29.2 Å². The van der Waals surface area contributed by atoms with Gasteiger partial charge in [0.25, 0.3) is 0 Å². The summed E-state index contributed by atoms with van der Waals surface area (Å²) in [6.07, 6.45) is 3.56. The molecule has 0 aromatic heterocycles. The second-order valence-electron chi connectivity index (χ2n) is 10.4. The van der Waals surface area contributed by atoms with Crippen molar-refractivity contribution in [1.82, 2.24) is 0 Å². The van der Waals surface area contributed by atoms with Gasteiger partial charge in [-0.05, 0) is 47.9 Å². The molecule has 0 aliphatic rings. The van der Waals surface area contributed by atoms with E-state index in [-0.39, 0.29) is 30.0 Å². The second kappa shape index (κ2) is 11.4. The molecule has 1 rings (SSSR count). The molecule has 0 N–H and O–H groups in total. The molecule has 1 atom stereocenters. The lowest BCUT2D eigenvalue weighted by molar-refractivity contribution is -0.167. The molecule has 186 valence electrons. The van der Waals surface area contributed by atoms with Crippen LogP contribution in [-0.2, 0) is 19.1 Å². The van der Waals surface area contributed by atoms with Crippen LogP contribution in [0, 0.1) is 16.2 Å². The first-order valence-corrected chi connectivity index (χ1v) is 11.0. The van der Waals surface area contributed by atoms with Gasteiger partial charge in [-0.1, -0.05) is 41.5 Å². The van der Waals surface area contributed by atoms with E-state index in [4.69, 9.17) is 23.7 Å². The Bertz CT molecular complexity index is 818. The third-order valence-corrected chi connectivity index (χ3v) is 5.65. The van der Waals surface area contributed by atoms with E-state index >= 15 is 0 Å². The molecule has 0 aliphatic heterocycles. The zero-order valence-electron chi connectivity index (χ0n) is 21.8. The Balaban J connectivity index is 2.70. The minimum absolute atomic E-state index is 0.00158. The zero-order chi connectivity index (χ0) is 25.4. The lowest BCUT2D eigenvalue weighted by Crippen LogP contribution is -2.44. The number of hydrogen-bond donors (Lipinski definition) is 0. The van der Waals surface area contributed by atoms with E-state index in [1.807, 2.05) is 27.7 Å². The van der Waals surface area contributed by atoms with Crippen molar-refractivity contribution >= 4 is 18.0 Å². The lowest BCUT2D eigenvalue weighted by atomic mass is 9.61. The number of carbonyl (C=O) groups excluding carboxylic acids is 2. The molecule has 0 amide bonds. The van der Waals surface area contributed by atoms with E-state index in [1.165, 1.54) is 27.4 Å². The first-order valence-electron chi connectivity index (χ1n) is 11.0. The average molecular weight is 465 g/mol. The summed E-state index contributed by atoms with van der Waals surface area (Å²) < 4.78 is 26.6. The van der Waals surface area contributed by atoms with E-state index < -0.39 is 11.4 Å². The summed E-state index contributed by atoms with van der Waals surface area (Å²) in [5.41, 5.74) is -0.305. The quantitative estimate of drug-likeness (QED) is 0.264. The number of ether oxygens (including phenoxy) is 5. The predicted molar refractivity (Wildman–Crippen MR) is 129 cm³/mol. The Morgan fingerprint density at radius 2 is 1.33 bits per heavy atom. The van der Waals surface area contributed by atoms with Gasteiger partial charge in [-0.15, -0.1) is 0 Å². The highest BCUT2D eigenvalue weighted by Gasteiger charge is 2.47. The Morgan fingerprint density at radius 3 is 1.76 bits per heavy atom. The normalized spacial score (nSPS) is 13.9. The van der Waals surface area contributed by atoms with E-state index in [0.717, 1.165) is 0 Å². The monoisotopic (exact) mass is 464 g/mol. The van der Waals surface area contributed by atoms with Gasteiger partial charge in [0.05, 0.1) is 26.7 Å². The molecule has 0 radical (unpaired) electrons. The van der Waals surface area contributed by atoms with Gasteiger partial charge >= 0.3 is 11.9 Å². The summed E-state index contributed by atoms with van der Waals surface area (Å²) in [5.74, 6) is 0.597. The Labute approximate surface area is 198 Å². The Morgan fingerprint density at radius 1 is 0.818 bits per heavy atom. The number of methoxy groups -OCH3 is 3. The maximum absolute atomic E-state index is 12.9. The zero-order valence-corrected chi connectivity index (χ0v) is 21.8. The first-order chi connectivity index (χ1) is 15.2. The molecule has 7 heteroatoms. The summed E-state index contributed by atoms with van der Waals surface area (Å²) in [4.78, 5) is 25.0. The van der Waals surface area contributed by atoms with Gasteiger partial charge in [0.2, 0.25) is 5.75 Å². The van der Waals surface area contributed by atoms with Gasteiger partial charge in [0.1, 0.15) is 13.2 Å². The minimum Gasteiger partial charge on any atom is -0.493 e. The lowest BCUT2D eigenvalue weighted by Gasteiger charge is -2.43. The summed E-state index contributed by atoms with van der Waals surface area (Å²) in [6, 6.07) is 3.44. The van der Waals surface area contributed by atoms with Gasteiger partial charge in [-0.2, -0.15) is 0 Å². The van der Waals surface area contributed by atoms with Crippen LogP contribution in [-0.4, -0.2) is 46.5 Å². The molecule has 7 nitrogen and oxygen atoms in total. The van der Waals surface area contributed by atoms with E-state index in [1.54, 1.807) is 18.2 Å². The minimum atomic E-state index is -0.665. The summed E-state index contributed by atoms with van der Waals surface area (Å²) in [7, 11) is 4.56. The van der Waals surface area contributed by atoms with Gasteiger partial charge in [0.15, 0.2) is 11.5 Å². The van der Waals surface area contributed by atoms with Crippen molar-refractivity contribution < 1.29 is 33.3 Å². The van der Waals surface area contributed by atoms with Gasteiger partial charge < -0.3 is 23.7 Å². The van der Waals surface area contributed by atoms with Crippen molar-refractivity contribution in [2.24, 2.45) is 16.2 Å². The predicted octanol–water partition coefficient (Wildman–Crippen LogP) is 5.30. The molecule has 33 heavy (non-hydrogen) atoms. The van der Waals surface area contributed by atoms with Crippen LogP contribution >= 0.6 is 0 Å². The van der Waals surface area contributed by atoms with E-state index in [2.05, 4.69) is 20.8 Å². The third kappa shape index (κ3) is 7.98. The van der Waals surface area contributed by atoms with Crippen molar-refractivity contribution in [3.8, 4) is 17.2 Å². The van der Waals surface area contributed by atoms with E-state index in [9.17, 15) is 9.59 Å². The smallest absolute Gasteiger partial charge is 0.330 e. The number of esters is 2. The SMILES string of the molecule is COc1cc(/C=C/C(=O)OCCOC(=O)C(C)(CC(C)(C)C)C(C)(C)C)cc(OC)c1OC. The first kappa shape index (κ1) is 28.3. The summed E-state index contributed by atoms with van der Waals surface area (Å²) in [6.45, 7) is 14.3. The molecule has 1 aromatic carbocycles. The van der Waals surface area contributed by atoms with Crippen LogP contribution in [0.1, 0.15) is 60.5 Å². The van der Waals surface area contributed by atoms with Crippen molar-refractivity contribution in [2.75, 3.05) is 34.5 Å². The van der Waals surface area contributed by atoms with Crippen LogP contribution in [0.5, 0.6) is 17.2 Å². The number of carbonyl (C=O) groups is 2. The van der Waals surface area contributed by atoms with Crippen LogP contribution in [0.4, 0.5) is 0 Å². The fourth-order valence-corrected chi connectivity index (χ4v) is 3.55. The molecule has 1 unspecified atom stereocenters. The number of rotatable bonds is 10. The highest BCUT2D eigenvalue weighted by Crippen LogP contribution is 2.47. The number of benzene rings is 1. The third-order valence-electron chi connectivity index (χ3n) is 5.65. The largest absolute Gasteiger partial charge is 0.493 e. The van der Waals surface area contributed by atoms with Crippen molar-refractivity contribution in [3.63, 3.8) is 0 Å².